The van der Waals surface area contributed by atoms with Gasteiger partial charge in [-0.2, -0.15) is 0 Å². The van der Waals surface area contributed by atoms with E-state index in [1.807, 2.05) is 30.3 Å². The molecule has 0 amide bonds. The van der Waals surface area contributed by atoms with Crippen molar-refractivity contribution in [2.75, 3.05) is 0 Å². The monoisotopic (exact) mass is 677 g/mol. The Labute approximate surface area is 303 Å². The number of rotatable bonds is 3. The van der Waals surface area contributed by atoms with Crippen LogP contribution in [0.4, 0.5) is 0 Å². The van der Waals surface area contributed by atoms with Gasteiger partial charge >= 0.3 is 0 Å². The molecule has 0 saturated carbocycles. The van der Waals surface area contributed by atoms with E-state index >= 15 is 0 Å². The number of hydrogen-bond donors (Lipinski definition) is 0. The maximum absolute atomic E-state index is 6.66. The highest BCUT2D eigenvalue weighted by Crippen LogP contribution is 2.49. The summed E-state index contributed by atoms with van der Waals surface area (Å²) in [7, 11) is 0. The summed E-state index contributed by atoms with van der Waals surface area (Å²) in [5.74, 6) is 2.33. The molecule has 246 valence electrons. The van der Waals surface area contributed by atoms with Gasteiger partial charge in [0.15, 0.2) is 5.82 Å². The van der Waals surface area contributed by atoms with Crippen molar-refractivity contribution in [1.29, 1.82) is 0 Å². The topological polar surface area (TPSA) is 53.1 Å². The standard InChI is InChI=1S/C48H27N3O2/c1-5-16-39-37(13-1)47(28-20-22-33-32-12-4-8-19-42(32)53-45(33)26-28)50-48(49-39)36-23-25-44-46-34(36)14-9-15-35(46)38-27-29(21-24-43(38)52-44)51-40-17-6-2-10-30(40)31-11-3-7-18-41(31)51/h1-27H. The lowest BCUT2D eigenvalue weighted by molar-refractivity contribution is 0.487. The maximum Gasteiger partial charge on any atom is 0.161 e. The number of fused-ring (bicyclic) bond motifs is 9. The van der Waals surface area contributed by atoms with Crippen molar-refractivity contribution in [1.82, 2.24) is 14.5 Å². The molecule has 1 aliphatic rings. The minimum absolute atomic E-state index is 0.664. The van der Waals surface area contributed by atoms with Crippen molar-refractivity contribution >= 4 is 65.4 Å². The van der Waals surface area contributed by atoms with Gasteiger partial charge in [-0.3, -0.25) is 0 Å². The second-order valence-electron chi connectivity index (χ2n) is 13.7. The highest BCUT2D eigenvalue weighted by Gasteiger charge is 2.24. The van der Waals surface area contributed by atoms with Crippen molar-refractivity contribution in [3.05, 3.63) is 164 Å². The van der Waals surface area contributed by atoms with E-state index in [-0.39, 0.29) is 0 Å². The Morgan fingerprint density at radius 3 is 1.98 bits per heavy atom. The molecule has 8 aromatic carbocycles. The van der Waals surface area contributed by atoms with E-state index in [2.05, 4.69) is 138 Å². The van der Waals surface area contributed by atoms with Gasteiger partial charge in [0, 0.05) is 54.7 Å². The van der Waals surface area contributed by atoms with Crippen LogP contribution < -0.4 is 4.74 Å². The number of para-hydroxylation sites is 4. The first-order chi connectivity index (χ1) is 26.3. The van der Waals surface area contributed by atoms with Gasteiger partial charge in [-0.15, -0.1) is 0 Å². The summed E-state index contributed by atoms with van der Waals surface area (Å²) in [4.78, 5) is 10.5. The Kier molecular flexibility index (Phi) is 5.71. The second-order valence-corrected chi connectivity index (χ2v) is 13.7. The lowest BCUT2D eigenvalue weighted by atomic mass is 9.92. The molecular formula is C48H27N3O2. The van der Waals surface area contributed by atoms with Gasteiger partial charge in [-0.25, -0.2) is 9.97 Å². The van der Waals surface area contributed by atoms with Gasteiger partial charge in [0.2, 0.25) is 0 Å². The minimum atomic E-state index is 0.664. The molecule has 4 heterocycles. The van der Waals surface area contributed by atoms with E-state index < -0.39 is 0 Å². The predicted octanol–water partition coefficient (Wildman–Crippen LogP) is 12.9. The highest BCUT2D eigenvalue weighted by molar-refractivity contribution is 6.12. The van der Waals surface area contributed by atoms with E-state index in [4.69, 9.17) is 19.1 Å². The molecular weight excluding hydrogens is 651 g/mol. The largest absolute Gasteiger partial charge is 0.456 e. The van der Waals surface area contributed by atoms with Gasteiger partial charge in [0.25, 0.3) is 0 Å². The van der Waals surface area contributed by atoms with Gasteiger partial charge in [0.05, 0.1) is 22.2 Å². The molecule has 5 heteroatoms. The first-order valence-electron chi connectivity index (χ1n) is 17.8. The number of aromatic nitrogens is 3. The van der Waals surface area contributed by atoms with Gasteiger partial charge in [-0.1, -0.05) is 97.1 Å². The smallest absolute Gasteiger partial charge is 0.161 e. The Morgan fingerprint density at radius 2 is 1.13 bits per heavy atom. The van der Waals surface area contributed by atoms with Crippen molar-refractivity contribution in [3.63, 3.8) is 0 Å². The number of benzene rings is 8. The van der Waals surface area contributed by atoms with Crippen LogP contribution in [0.1, 0.15) is 0 Å². The first kappa shape index (κ1) is 28.5. The zero-order valence-electron chi connectivity index (χ0n) is 28.2. The van der Waals surface area contributed by atoms with E-state index in [1.54, 1.807) is 0 Å². The zero-order chi connectivity index (χ0) is 34.6. The Balaban J connectivity index is 1.05. The average molecular weight is 678 g/mol. The summed E-state index contributed by atoms with van der Waals surface area (Å²) in [5, 5.41) is 7.76. The van der Waals surface area contributed by atoms with Crippen molar-refractivity contribution in [2.24, 2.45) is 0 Å². The molecule has 0 bridgehead atoms. The molecule has 5 nitrogen and oxygen atoms in total. The first-order valence-corrected chi connectivity index (χ1v) is 17.8. The van der Waals surface area contributed by atoms with Gasteiger partial charge < -0.3 is 13.7 Å². The third-order valence-corrected chi connectivity index (χ3v) is 10.8. The number of hydrogen-bond acceptors (Lipinski definition) is 4. The number of ether oxygens (including phenoxy) is 1. The van der Waals surface area contributed by atoms with E-state index in [0.717, 1.165) is 88.7 Å². The summed E-state index contributed by atoms with van der Waals surface area (Å²) in [6.07, 6.45) is 0. The molecule has 0 unspecified atom stereocenters. The fraction of sp³-hybridized carbons (Fsp3) is 0. The predicted molar refractivity (Wildman–Crippen MR) is 215 cm³/mol. The van der Waals surface area contributed by atoms with E-state index in [0.29, 0.717) is 5.82 Å². The second kappa shape index (κ2) is 10.6. The van der Waals surface area contributed by atoms with Crippen LogP contribution in [-0.4, -0.2) is 14.5 Å². The Bertz CT molecular complexity index is 3280. The molecule has 3 aromatic heterocycles. The van der Waals surface area contributed by atoms with Gasteiger partial charge in [-0.05, 0) is 77.7 Å². The quantitative estimate of drug-likeness (QED) is 0.187. The summed E-state index contributed by atoms with van der Waals surface area (Å²) in [6, 6.07) is 57.1. The summed E-state index contributed by atoms with van der Waals surface area (Å²) >= 11 is 0. The summed E-state index contributed by atoms with van der Waals surface area (Å²) in [5.41, 5.74) is 11.0. The molecule has 0 spiro atoms. The lowest BCUT2D eigenvalue weighted by Gasteiger charge is -2.23. The van der Waals surface area contributed by atoms with Crippen LogP contribution in [-0.2, 0) is 0 Å². The third kappa shape index (κ3) is 4.07. The Hall–Kier alpha value is -7.24. The van der Waals surface area contributed by atoms with Crippen LogP contribution in [0.2, 0.25) is 0 Å². The molecule has 12 rings (SSSR count). The van der Waals surface area contributed by atoms with E-state index in [9.17, 15) is 0 Å². The highest BCUT2D eigenvalue weighted by atomic mass is 16.5. The zero-order valence-corrected chi connectivity index (χ0v) is 28.2. The summed E-state index contributed by atoms with van der Waals surface area (Å²) < 4.78 is 15.3. The number of furan rings is 1. The van der Waals surface area contributed by atoms with Crippen LogP contribution in [0.3, 0.4) is 0 Å². The van der Waals surface area contributed by atoms with Crippen molar-refractivity contribution < 1.29 is 9.15 Å². The molecule has 0 aliphatic carbocycles. The summed E-state index contributed by atoms with van der Waals surface area (Å²) in [6.45, 7) is 0. The van der Waals surface area contributed by atoms with Crippen LogP contribution in [0.5, 0.6) is 11.5 Å². The van der Waals surface area contributed by atoms with Crippen LogP contribution in [0.15, 0.2) is 168 Å². The SMILES string of the molecule is c1ccc2c(-c3ccc4c(c3)oc3ccccc34)nc(-c3ccc4c5c(cccc35)-c3cc(-n5c6ccccc6c6ccccc65)ccc3O4)nc2c1. The molecule has 0 fully saturated rings. The maximum atomic E-state index is 6.66. The van der Waals surface area contributed by atoms with Crippen molar-refractivity contribution in [2.45, 2.75) is 0 Å². The van der Waals surface area contributed by atoms with Crippen LogP contribution in [0.25, 0.3) is 105 Å². The minimum Gasteiger partial charge on any atom is -0.456 e. The molecule has 0 atom stereocenters. The van der Waals surface area contributed by atoms with Crippen LogP contribution >= 0.6 is 0 Å². The fourth-order valence-corrected chi connectivity index (χ4v) is 8.44. The average Bonchev–Trinajstić information content (AvgIpc) is 3.76. The van der Waals surface area contributed by atoms with Gasteiger partial charge in [0.1, 0.15) is 22.7 Å². The lowest BCUT2D eigenvalue weighted by Crippen LogP contribution is -2.01. The molecule has 0 saturated heterocycles. The molecule has 11 aromatic rings. The molecule has 0 N–H and O–H groups in total. The molecule has 1 aliphatic heterocycles. The third-order valence-electron chi connectivity index (χ3n) is 10.8. The van der Waals surface area contributed by atoms with Crippen LogP contribution in [0, 0.1) is 0 Å². The van der Waals surface area contributed by atoms with E-state index in [1.165, 1.54) is 21.8 Å². The fourth-order valence-electron chi connectivity index (χ4n) is 8.44. The molecule has 0 radical (unpaired) electrons. The number of nitrogens with zero attached hydrogens (tertiary/aromatic N) is 3. The Morgan fingerprint density at radius 1 is 0.434 bits per heavy atom. The normalized spacial score (nSPS) is 12.3. The van der Waals surface area contributed by atoms with Crippen molar-refractivity contribution in [3.8, 4) is 51.0 Å². The molecule has 53 heavy (non-hydrogen) atoms.